The molecular formula is C16H16BrNO3. The standard InChI is InChI=1S/C16H16BrNO3/c17-12-4-1-3-11(9-12)15-7-6-13(21-15)10-18-8-2-5-14(18)16(19)20/h1,3-4,6-7,9,14H,2,5,8,10H2,(H,19,20)/t14-/m0/s1. The zero-order chi connectivity index (χ0) is 14.8. The normalized spacial score (nSPS) is 19.0. The molecule has 4 nitrogen and oxygen atoms in total. The van der Waals surface area contributed by atoms with Gasteiger partial charge in [0.25, 0.3) is 0 Å². The fourth-order valence-corrected chi connectivity index (χ4v) is 3.15. The molecule has 2 heterocycles. The van der Waals surface area contributed by atoms with Crippen molar-refractivity contribution in [3.63, 3.8) is 0 Å². The van der Waals surface area contributed by atoms with Gasteiger partial charge < -0.3 is 9.52 Å². The molecule has 0 amide bonds. The molecule has 1 saturated heterocycles. The van der Waals surface area contributed by atoms with Crippen LogP contribution in [0.4, 0.5) is 0 Å². The van der Waals surface area contributed by atoms with Crippen LogP contribution in [0.2, 0.25) is 0 Å². The Bertz CT molecular complexity index is 652. The van der Waals surface area contributed by atoms with Crippen molar-refractivity contribution >= 4 is 21.9 Å². The van der Waals surface area contributed by atoms with Gasteiger partial charge in [-0.15, -0.1) is 0 Å². The van der Waals surface area contributed by atoms with Crippen molar-refractivity contribution in [1.82, 2.24) is 4.90 Å². The minimum atomic E-state index is -0.744. The second-order valence-corrected chi connectivity index (χ2v) is 6.16. The largest absolute Gasteiger partial charge is 0.480 e. The molecule has 5 heteroatoms. The summed E-state index contributed by atoms with van der Waals surface area (Å²) >= 11 is 3.45. The molecule has 0 unspecified atom stereocenters. The predicted octanol–water partition coefficient (Wildman–Crippen LogP) is 3.76. The van der Waals surface area contributed by atoms with Crippen LogP contribution in [0.1, 0.15) is 18.6 Å². The quantitative estimate of drug-likeness (QED) is 0.912. The smallest absolute Gasteiger partial charge is 0.320 e. The van der Waals surface area contributed by atoms with Gasteiger partial charge >= 0.3 is 5.97 Å². The van der Waals surface area contributed by atoms with E-state index in [-0.39, 0.29) is 6.04 Å². The highest BCUT2D eigenvalue weighted by atomic mass is 79.9. The Morgan fingerprint density at radius 3 is 3.00 bits per heavy atom. The average molecular weight is 350 g/mol. The van der Waals surface area contributed by atoms with Crippen LogP contribution in [0.15, 0.2) is 45.3 Å². The third-order valence-corrected chi connectivity index (χ3v) is 4.27. The highest BCUT2D eigenvalue weighted by molar-refractivity contribution is 9.10. The van der Waals surface area contributed by atoms with Crippen molar-refractivity contribution in [1.29, 1.82) is 0 Å². The van der Waals surface area contributed by atoms with E-state index in [1.165, 1.54) is 0 Å². The summed E-state index contributed by atoms with van der Waals surface area (Å²) in [5, 5.41) is 9.20. The Kier molecular flexibility index (Phi) is 4.12. The molecular weight excluding hydrogens is 334 g/mol. The monoisotopic (exact) mass is 349 g/mol. The molecule has 0 bridgehead atoms. The van der Waals surface area contributed by atoms with Crippen LogP contribution in [0.25, 0.3) is 11.3 Å². The maximum atomic E-state index is 11.2. The highest BCUT2D eigenvalue weighted by Crippen LogP contribution is 2.27. The number of aliphatic carboxylic acids is 1. The lowest BCUT2D eigenvalue weighted by atomic mass is 10.2. The topological polar surface area (TPSA) is 53.7 Å². The van der Waals surface area contributed by atoms with Crippen LogP contribution in [0.5, 0.6) is 0 Å². The lowest BCUT2D eigenvalue weighted by Gasteiger charge is -2.19. The summed E-state index contributed by atoms with van der Waals surface area (Å²) in [5.41, 5.74) is 1.01. The first kappa shape index (κ1) is 14.4. The molecule has 0 spiro atoms. The number of furan rings is 1. The fraction of sp³-hybridized carbons (Fsp3) is 0.312. The molecule has 1 aromatic heterocycles. The molecule has 1 N–H and O–H groups in total. The van der Waals surface area contributed by atoms with Gasteiger partial charge in [-0.05, 0) is 43.7 Å². The van der Waals surface area contributed by atoms with Gasteiger partial charge in [-0.1, -0.05) is 28.1 Å². The van der Waals surface area contributed by atoms with Gasteiger partial charge in [0, 0.05) is 10.0 Å². The van der Waals surface area contributed by atoms with E-state index in [1.54, 1.807) is 0 Å². The lowest BCUT2D eigenvalue weighted by molar-refractivity contribution is -0.142. The molecule has 0 radical (unpaired) electrons. The van der Waals surface area contributed by atoms with E-state index in [4.69, 9.17) is 4.42 Å². The third-order valence-electron chi connectivity index (χ3n) is 3.78. The van der Waals surface area contributed by atoms with E-state index < -0.39 is 5.97 Å². The summed E-state index contributed by atoms with van der Waals surface area (Å²) in [6.07, 6.45) is 1.64. The molecule has 110 valence electrons. The molecule has 1 aliphatic heterocycles. The number of carboxylic acids is 1. The van der Waals surface area contributed by atoms with Crippen LogP contribution in [-0.4, -0.2) is 28.6 Å². The minimum absolute atomic E-state index is 0.385. The van der Waals surface area contributed by atoms with E-state index in [0.717, 1.165) is 34.5 Å². The molecule has 0 saturated carbocycles. The number of halogens is 1. The van der Waals surface area contributed by atoms with E-state index in [2.05, 4.69) is 15.9 Å². The van der Waals surface area contributed by atoms with Crippen molar-refractivity contribution in [2.24, 2.45) is 0 Å². The van der Waals surface area contributed by atoms with Crippen LogP contribution >= 0.6 is 15.9 Å². The molecule has 3 rings (SSSR count). The zero-order valence-corrected chi connectivity index (χ0v) is 13.0. The lowest BCUT2D eigenvalue weighted by Crippen LogP contribution is -2.35. The molecule has 2 aromatic rings. The first-order chi connectivity index (χ1) is 10.1. The van der Waals surface area contributed by atoms with Crippen LogP contribution in [-0.2, 0) is 11.3 Å². The van der Waals surface area contributed by atoms with Gasteiger partial charge in [0.2, 0.25) is 0 Å². The van der Waals surface area contributed by atoms with Crippen LogP contribution < -0.4 is 0 Å². The molecule has 1 aromatic carbocycles. The van der Waals surface area contributed by atoms with Gasteiger partial charge in [-0.2, -0.15) is 0 Å². The summed E-state index contributed by atoms with van der Waals surface area (Å²) in [6, 6.07) is 11.4. The maximum absolute atomic E-state index is 11.2. The first-order valence-corrected chi connectivity index (χ1v) is 7.74. The SMILES string of the molecule is O=C(O)[C@@H]1CCCN1Cc1ccc(-c2cccc(Br)c2)o1. The number of hydrogen-bond donors (Lipinski definition) is 1. The van der Waals surface area contributed by atoms with Crippen LogP contribution in [0.3, 0.4) is 0 Å². The van der Waals surface area contributed by atoms with E-state index in [9.17, 15) is 9.90 Å². The number of carbonyl (C=O) groups is 1. The van der Waals surface area contributed by atoms with Gasteiger partial charge in [-0.3, -0.25) is 9.69 Å². The average Bonchev–Trinajstić information content (AvgIpc) is 3.08. The Morgan fingerprint density at radius 1 is 1.38 bits per heavy atom. The number of rotatable bonds is 4. The van der Waals surface area contributed by atoms with Crippen LogP contribution in [0, 0.1) is 0 Å². The minimum Gasteiger partial charge on any atom is -0.480 e. The van der Waals surface area contributed by atoms with Crippen molar-refractivity contribution in [3.8, 4) is 11.3 Å². The third kappa shape index (κ3) is 3.19. The first-order valence-electron chi connectivity index (χ1n) is 6.95. The van der Waals surface area contributed by atoms with E-state index in [1.807, 2.05) is 41.3 Å². The summed E-state index contributed by atoms with van der Waals surface area (Å²) in [4.78, 5) is 13.2. The van der Waals surface area contributed by atoms with Gasteiger partial charge in [0.1, 0.15) is 17.6 Å². The molecule has 1 aliphatic rings. The van der Waals surface area contributed by atoms with Crippen molar-refractivity contribution in [2.45, 2.75) is 25.4 Å². The number of hydrogen-bond acceptors (Lipinski definition) is 3. The number of nitrogens with zero attached hydrogens (tertiary/aromatic N) is 1. The molecule has 0 aliphatic carbocycles. The Labute approximate surface area is 131 Å². The van der Waals surface area contributed by atoms with Gasteiger partial charge in [-0.25, -0.2) is 0 Å². The number of likely N-dealkylation sites (tertiary alicyclic amines) is 1. The maximum Gasteiger partial charge on any atom is 0.320 e. The second kappa shape index (κ2) is 6.03. The van der Waals surface area contributed by atoms with Crippen molar-refractivity contribution in [3.05, 3.63) is 46.6 Å². The molecule has 1 fully saturated rings. The van der Waals surface area contributed by atoms with Crippen molar-refractivity contribution in [2.75, 3.05) is 6.54 Å². The summed E-state index contributed by atoms with van der Waals surface area (Å²) < 4.78 is 6.86. The van der Waals surface area contributed by atoms with Gasteiger partial charge in [0.05, 0.1) is 6.54 Å². The second-order valence-electron chi connectivity index (χ2n) is 5.24. The van der Waals surface area contributed by atoms with E-state index in [0.29, 0.717) is 13.0 Å². The number of benzene rings is 1. The predicted molar refractivity (Wildman–Crippen MR) is 82.9 cm³/mol. The Hall–Kier alpha value is -1.59. The number of carboxylic acid groups (broad SMARTS) is 1. The Balaban J connectivity index is 1.75. The summed E-state index contributed by atoms with van der Waals surface area (Å²) in [6.45, 7) is 1.36. The van der Waals surface area contributed by atoms with Crippen molar-refractivity contribution < 1.29 is 14.3 Å². The summed E-state index contributed by atoms with van der Waals surface area (Å²) in [7, 11) is 0. The zero-order valence-electron chi connectivity index (χ0n) is 11.5. The van der Waals surface area contributed by atoms with E-state index >= 15 is 0 Å². The fourth-order valence-electron chi connectivity index (χ4n) is 2.76. The Morgan fingerprint density at radius 2 is 2.24 bits per heavy atom. The molecule has 21 heavy (non-hydrogen) atoms. The summed E-state index contributed by atoms with van der Waals surface area (Å²) in [5.74, 6) is 0.863. The molecule has 1 atom stereocenters. The highest BCUT2D eigenvalue weighted by Gasteiger charge is 2.30. The van der Waals surface area contributed by atoms with Gasteiger partial charge in [0.15, 0.2) is 0 Å².